The number of nitrogens with one attached hydrogen (secondary N) is 1. The zero-order chi connectivity index (χ0) is 20.5. The van der Waals surface area contributed by atoms with Crippen molar-refractivity contribution < 1.29 is 14.2 Å². The predicted molar refractivity (Wildman–Crippen MR) is 119 cm³/mol. The molecule has 0 spiro atoms. The molecular weight excluding hydrogens is 465 g/mol. The van der Waals surface area contributed by atoms with Gasteiger partial charge in [0.05, 0.1) is 27.7 Å². The first-order chi connectivity index (χ1) is 13.4. The standard InChI is InChI=1S/C21H26BrCl2NO3/c1-14(2)27-8-4-7-25-12-16-9-17(22)21(20(11-16)26-3)28-13-15-5-6-18(23)19(24)10-15/h5-6,9-11,14,25H,4,7-8,12-13H2,1-3H3. The molecular formula is C21H26BrCl2NO3. The van der Waals surface area contributed by atoms with E-state index in [0.29, 0.717) is 28.2 Å². The summed E-state index contributed by atoms with van der Waals surface area (Å²) in [5, 5.41) is 4.45. The molecule has 0 amide bonds. The lowest BCUT2D eigenvalue weighted by atomic mass is 10.2. The van der Waals surface area contributed by atoms with Crippen molar-refractivity contribution in [1.82, 2.24) is 5.32 Å². The van der Waals surface area contributed by atoms with Gasteiger partial charge >= 0.3 is 0 Å². The van der Waals surface area contributed by atoms with Gasteiger partial charge in [-0.2, -0.15) is 0 Å². The summed E-state index contributed by atoms with van der Waals surface area (Å²) in [6, 6.07) is 9.45. The van der Waals surface area contributed by atoms with E-state index in [2.05, 4.69) is 21.2 Å². The van der Waals surface area contributed by atoms with Crippen molar-refractivity contribution in [2.24, 2.45) is 0 Å². The molecule has 0 unspecified atom stereocenters. The van der Waals surface area contributed by atoms with Gasteiger partial charge in [0.2, 0.25) is 0 Å². The maximum atomic E-state index is 6.07. The van der Waals surface area contributed by atoms with E-state index < -0.39 is 0 Å². The lowest BCUT2D eigenvalue weighted by Crippen LogP contribution is -2.17. The quantitative estimate of drug-likeness (QED) is 0.378. The van der Waals surface area contributed by atoms with Crippen LogP contribution < -0.4 is 14.8 Å². The number of ether oxygens (including phenoxy) is 3. The lowest BCUT2D eigenvalue weighted by Gasteiger charge is -2.15. The van der Waals surface area contributed by atoms with Crippen LogP contribution in [0.1, 0.15) is 31.4 Å². The van der Waals surface area contributed by atoms with Gasteiger partial charge in [0.1, 0.15) is 6.61 Å². The number of hydrogen-bond donors (Lipinski definition) is 1. The lowest BCUT2D eigenvalue weighted by molar-refractivity contribution is 0.0770. The van der Waals surface area contributed by atoms with Crippen LogP contribution in [0.3, 0.4) is 0 Å². The van der Waals surface area contributed by atoms with Gasteiger partial charge in [0, 0.05) is 13.2 Å². The molecule has 4 nitrogen and oxygen atoms in total. The summed E-state index contributed by atoms with van der Waals surface area (Å²) in [4.78, 5) is 0. The smallest absolute Gasteiger partial charge is 0.175 e. The van der Waals surface area contributed by atoms with E-state index in [9.17, 15) is 0 Å². The molecule has 0 aliphatic rings. The Balaban J connectivity index is 1.93. The van der Waals surface area contributed by atoms with E-state index in [0.717, 1.165) is 41.7 Å². The SMILES string of the molecule is COc1cc(CNCCCOC(C)C)cc(Br)c1OCc1ccc(Cl)c(Cl)c1. The highest BCUT2D eigenvalue weighted by atomic mass is 79.9. The molecule has 2 aromatic carbocycles. The molecule has 0 heterocycles. The van der Waals surface area contributed by atoms with Crippen LogP contribution >= 0.6 is 39.1 Å². The Morgan fingerprint density at radius 2 is 1.86 bits per heavy atom. The Kier molecular flexibility index (Phi) is 9.89. The van der Waals surface area contributed by atoms with Crippen LogP contribution in [0.25, 0.3) is 0 Å². The van der Waals surface area contributed by atoms with Crippen molar-refractivity contribution in [3.63, 3.8) is 0 Å². The van der Waals surface area contributed by atoms with Gasteiger partial charge in [0.25, 0.3) is 0 Å². The van der Waals surface area contributed by atoms with Crippen molar-refractivity contribution in [2.75, 3.05) is 20.3 Å². The first kappa shape index (κ1) is 23.3. The molecule has 1 N–H and O–H groups in total. The molecule has 0 saturated heterocycles. The largest absolute Gasteiger partial charge is 0.493 e. The van der Waals surface area contributed by atoms with E-state index in [-0.39, 0.29) is 6.10 Å². The zero-order valence-electron chi connectivity index (χ0n) is 16.4. The molecule has 0 radical (unpaired) electrons. The van der Waals surface area contributed by atoms with Crippen molar-refractivity contribution in [3.05, 3.63) is 56.0 Å². The monoisotopic (exact) mass is 489 g/mol. The average Bonchev–Trinajstić information content (AvgIpc) is 2.65. The van der Waals surface area contributed by atoms with Gasteiger partial charge in [-0.3, -0.25) is 0 Å². The summed E-state index contributed by atoms with van der Waals surface area (Å²) in [6.07, 6.45) is 1.25. The molecule has 0 atom stereocenters. The molecule has 0 fully saturated rings. The van der Waals surface area contributed by atoms with Crippen molar-refractivity contribution >= 4 is 39.1 Å². The molecule has 154 valence electrons. The molecule has 28 heavy (non-hydrogen) atoms. The highest BCUT2D eigenvalue weighted by Crippen LogP contribution is 2.37. The second-order valence-corrected chi connectivity index (χ2v) is 8.26. The third-order valence-corrected chi connectivity index (χ3v) is 5.26. The maximum absolute atomic E-state index is 6.07. The minimum atomic E-state index is 0.275. The van der Waals surface area contributed by atoms with Gasteiger partial charge in [-0.05, 0) is 78.1 Å². The molecule has 0 aliphatic carbocycles. The minimum absolute atomic E-state index is 0.275. The van der Waals surface area contributed by atoms with Crippen LogP contribution in [-0.4, -0.2) is 26.4 Å². The van der Waals surface area contributed by atoms with Crippen LogP contribution in [-0.2, 0) is 17.9 Å². The maximum Gasteiger partial charge on any atom is 0.175 e. The summed E-state index contributed by atoms with van der Waals surface area (Å²) in [7, 11) is 1.63. The van der Waals surface area contributed by atoms with Gasteiger partial charge in [-0.25, -0.2) is 0 Å². The average molecular weight is 491 g/mol. The Hall–Kier alpha value is -0.980. The Bertz CT molecular complexity index is 772. The number of methoxy groups -OCH3 is 1. The van der Waals surface area contributed by atoms with Gasteiger partial charge < -0.3 is 19.5 Å². The zero-order valence-corrected chi connectivity index (χ0v) is 19.5. The topological polar surface area (TPSA) is 39.7 Å². The van der Waals surface area contributed by atoms with Gasteiger partial charge in [-0.15, -0.1) is 0 Å². The van der Waals surface area contributed by atoms with E-state index >= 15 is 0 Å². The molecule has 7 heteroatoms. The van der Waals surface area contributed by atoms with E-state index in [1.54, 1.807) is 19.2 Å². The summed E-state index contributed by atoms with van der Waals surface area (Å²) < 4.78 is 17.9. The predicted octanol–water partition coefficient (Wildman–Crippen LogP) is 6.25. The molecule has 0 saturated carbocycles. The van der Waals surface area contributed by atoms with Crippen molar-refractivity contribution in [2.45, 2.75) is 39.5 Å². The minimum Gasteiger partial charge on any atom is -0.493 e. The number of benzene rings is 2. The summed E-state index contributed by atoms with van der Waals surface area (Å²) in [5.41, 5.74) is 2.04. The fourth-order valence-electron chi connectivity index (χ4n) is 2.55. The fraction of sp³-hybridized carbons (Fsp3) is 0.429. The van der Waals surface area contributed by atoms with Crippen molar-refractivity contribution in [1.29, 1.82) is 0 Å². The first-order valence-corrected chi connectivity index (χ1v) is 10.7. The van der Waals surface area contributed by atoms with Crippen LogP contribution in [0.4, 0.5) is 0 Å². The summed E-state index contributed by atoms with van der Waals surface area (Å²) in [5.74, 6) is 1.33. The molecule has 2 rings (SSSR count). The number of halogens is 3. The van der Waals surface area contributed by atoms with E-state index in [1.165, 1.54) is 0 Å². The second kappa shape index (κ2) is 11.9. The van der Waals surface area contributed by atoms with Gasteiger partial charge in [0.15, 0.2) is 11.5 Å². The Labute approximate surface area is 185 Å². The van der Waals surface area contributed by atoms with Crippen molar-refractivity contribution in [3.8, 4) is 11.5 Å². The number of hydrogen-bond acceptors (Lipinski definition) is 4. The second-order valence-electron chi connectivity index (χ2n) is 6.60. The first-order valence-electron chi connectivity index (χ1n) is 9.16. The highest BCUT2D eigenvalue weighted by molar-refractivity contribution is 9.10. The molecule has 2 aromatic rings. The van der Waals surface area contributed by atoms with Gasteiger partial charge in [-0.1, -0.05) is 29.3 Å². The Morgan fingerprint density at radius 1 is 1.07 bits per heavy atom. The van der Waals surface area contributed by atoms with Crippen LogP contribution in [0.5, 0.6) is 11.5 Å². The van der Waals surface area contributed by atoms with Crippen LogP contribution in [0.2, 0.25) is 10.0 Å². The molecule has 0 aromatic heterocycles. The fourth-order valence-corrected chi connectivity index (χ4v) is 3.47. The summed E-state index contributed by atoms with van der Waals surface area (Å²) >= 11 is 15.6. The van der Waals surface area contributed by atoms with Crippen LogP contribution in [0, 0.1) is 0 Å². The third-order valence-electron chi connectivity index (χ3n) is 3.93. The molecule has 0 aliphatic heterocycles. The highest BCUT2D eigenvalue weighted by Gasteiger charge is 2.12. The normalized spacial score (nSPS) is 11.1. The van der Waals surface area contributed by atoms with E-state index in [4.69, 9.17) is 37.4 Å². The van der Waals surface area contributed by atoms with Crippen LogP contribution in [0.15, 0.2) is 34.8 Å². The van der Waals surface area contributed by atoms with E-state index in [1.807, 2.05) is 32.0 Å². The number of rotatable bonds is 11. The summed E-state index contributed by atoms with van der Waals surface area (Å²) in [6.45, 7) is 6.84. The third kappa shape index (κ3) is 7.45. The molecule has 0 bridgehead atoms. The Morgan fingerprint density at radius 3 is 2.54 bits per heavy atom.